The molecule has 94 valence electrons. The summed E-state index contributed by atoms with van der Waals surface area (Å²) in [6.45, 7) is 3.71. The predicted molar refractivity (Wildman–Crippen MR) is 64.8 cm³/mol. The first-order chi connectivity index (χ1) is 8.20. The summed E-state index contributed by atoms with van der Waals surface area (Å²) in [6, 6.07) is 7.66. The molecule has 0 aliphatic carbocycles. The predicted octanol–water partition coefficient (Wildman–Crippen LogP) is 1.49. The highest BCUT2D eigenvalue weighted by molar-refractivity contribution is 5.31. The Labute approximate surface area is 102 Å². The van der Waals surface area contributed by atoms with Crippen LogP contribution in [0.4, 0.5) is 0 Å². The van der Waals surface area contributed by atoms with E-state index in [0.29, 0.717) is 25.7 Å². The lowest BCUT2D eigenvalue weighted by atomic mass is 10.0. The lowest BCUT2D eigenvalue weighted by Crippen LogP contribution is -2.46. The summed E-state index contributed by atoms with van der Waals surface area (Å²) < 4.78 is 16.8. The Bertz CT molecular complexity index is 373. The van der Waals surface area contributed by atoms with E-state index in [1.54, 1.807) is 7.11 Å². The third-order valence-corrected chi connectivity index (χ3v) is 2.98. The minimum Gasteiger partial charge on any atom is -0.497 e. The first-order valence-electron chi connectivity index (χ1n) is 5.82. The van der Waals surface area contributed by atoms with Gasteiger partial charge < -0.3 is 19.9 Å². The van der Waals surface area contributed by atoms with Crippen LogP contribution in [0.25, 0.3) is 0 Å². The van der Waals surface area contributed by atoms with E-state index < -0.39 is 5.79 Å². The number of rotatable bonds is 3. The zero-order valence-electron chi connectivity index (χ0n) is 10.3. The average Bonchev–Trinajstić information content (AvgIpc) is 2.40. The van der Waals surface area contributed by atoms with E-state index in [4.69, 9.17) is 19.9 Å². The van der Waals surface area contributed by atoms with Crippen LogP contribution in [-0.2, 0) is 15.3 Å². The summed E-state index contributed by atoms with van der Waals surface area (Å²) in [4.78, 5) is 0. The van der Waals surface area contributed by atoms with Crippen molar-refractivity contribution >= 4 is 0 Å². The van der Waals surface area contributed by atoms with E-state index in [1.165, 1.54) is 0 Å². The summed E-state index contributed by atoms with van der Waals surface area (Å²) >= 11 is 0. The molecule has 0 unspecified atom stereocenters. The van der Waals surface area contributed by atoms with Gasteiger partial charge in [0.2, 0.25) is 5.79 Å². The van der Waals surface area contributed by atoms with Gasteiger partial charge in [-0.2, -0.15) is 0 Å². The van der Waals surface area contributed by atoms with E-state index in [9.17, 15) is 0 Å². The van der Waals surface area contributed by atoms with Gasteiger partial charge in [-0.15, -0.1) is 0 Å². The first-order valence-corrected chi connectivity index (χ1v) is 5.82. The van der Waals surface area contributed by atoms with Crippen molar-refractivity contribution in [2.75, 3.05) is 26.9 Å². The zero-order valence-corrected chi connectivity index (χ0v) is 10.3. The molecular weight excluding hydrogens is 218 g/mol. The maximum Gasteiger partial charge on any atom is 0.207 e. The van der Waals surface area contributed by atoms with Gasteiger partial charge in [0.05, 0.1) is 26.9 Å². The first kappa shape index (κ1) is 12.4. The molecule has 4 nitrogen and oxygen atoms in total. The topological polar surface area (TPSA) is 53.7 Å². The molecule has 0 bridgehead atoms. The second-order valence-corrected chi connectivity index (χ2v) is 4.42. The normalized spacial score (nSPS) is 29.0. The Hall–Kier alpha value is -1.10. The van der Waals surface area contributed by atoms with Crippen LogP contribution in [0.2, 0.25) is 0 Å². The van der Waals surface area contributed by atoms with Gasteiger partial charge in [0.25, 0.3) is 0 Å². The fraction of sp³-hybridized carbons (Fsp3) is 0.538. The SMILES string of the molecule is COc1cccc(C2(CN)OCC(C)CO2)c1. The van der Waals surface area contributed by atoms with Gasteiger partial charge in [-0.05, 0) is 12.1 Å². The van der Waals surface area contributed by atoms with Crippen LogP contribution >= 0.6 is 0 Å². The van der Waals surface area contributed by atoms with Crippen LogP contribution in [0.15, 0.2) is 24.3 Å². The van der Waals surface area contributed by atoms with Crippen molar-refractivity contribution in [2.24, 2.45) is 11.7 Å². The van der Waals surface area contributed by atoms with Crippen molar-refractivity contribution in [1.82, 2.24) is 0 Å². The minimum atomic E-state index is -0.818. The molecule has 2 rings (SSSR count). The van der Waals surface area contributed by atoms with E-state index in [2.05, 4.69) is 6.92 Å². The van der Waals surface area contributed by atoms with Crippen molar-refractivity contribution in [2.45, 2.75) is 12.7 Å². The van der Waals surface area contributed by atoms with Gasteiger partial charge >= 0.3 is 0 Å². The highest BCUT2D eigenvalue weighted by Gasteiger charge is 2.37. The fourth-order valence-electron chi connectivity index (χ4n) is 1.91. The number of nitrogens with two attached hydrogens (primary N) is 1. The van der Waals surface area contributed by atoms with Gasteiger partial charge in [-0.25, -0.2) is 0 Å². The molecule has 0 saturated carbocycles. The van der Waals surface area contributed by atoms with Crippen LogP contribution in [0, 0.1) is 5.92 Å². The third-order valence-electron chi connectivity index (χ3n) is 2.98. The molecule has 1 aliphatic heterocycles. The molecule has 17 heavy (non-hydrogen) atoms. The molecular formula is C13H19NO3. The van der Waals surface area contributed by atoms with Gasteiger partial charge in [0, 0.05) is 11.5 Å². The Kier molecular flexibility index (Phi) is 3.66. The van der Waals surface area contributed by atoms with Crippen molar-refractivity contribution in [3.05, 3.63) is 29.8 Å². The number of benzene rings is 1. The van der Waals surface area contributed by atoms with Crippen LogP contribution in [0.1, 0.15) is 12.5 Å². The third kappa shape index (κ3) is 2.44. The molecule has 1 aromatic rings. The largest absolute Gasteiger partial charge is 0.497 e. The van der Waals surface area contributed by atoms with E-state index in [1.807, 2.05) is 24.3 Å². The molecule has 0 radical (unpaired) electrons. The summed E-state index contributed by atoms with van der Waals surface area (Å²) in [7, 11) is 1.64. The van der Waals surface area contributed by atoms with E-state index in [0.717, 1.165) is 11.3 Å². The van der Waals surface area contributed by atoms with Gasteiger partial charge in [-0.3, -0.25) is 0 Å². The second-order valence-electron chi connectivity index (χ2n) is 4.42. The molecule has 0 aromatic heterocycles. The highest BCUT2D eigenvalue weighted by Crippen LogP contribution is 2.32. The maximum atomic E-state index is 5.82. The molecule has 1 heterocycles. The maximum absolute atomic E-state index is 5.82. The van der Waals surface area contributed by atoms with Crippen LogP contribution in [0.3, 0.4) is 0 Å². The number of hydrogen-bond acceptors (Lipinski definition) is 4. The second kappa shape index (κ2) is 5.04. The molecule has 0 amide bonds. The average molecular weight is 237 g/mol. The monoisotopic (exact) mass is 237 g/mol. The lowest BCUT2D eigenvalue weighted by Gasteiger charge is -2.39. The van der Waals surface area contributed by atoms with E-state index in [-0.39, 0.29) is 0 Å². The number of methoxy groups -OCH3 is 1. The smallest absolute Gasteiger partial charge is 0.207 e. The minimum absolute atomic E-state index is 0.298. The molecule has 0 spiro atoms. The molecule has 0 atom stereocenters. The summed E-state index contributed by atoms with van der Waals surface area (Å²) in [6.07, 6.45) is 0. The van der Waals surface area contributed by atoms with Crippen LogP contribution in [-0.4, -0.2) is 26.9 Å². The molecule has 4 heteroatoms. The van der Waals surface area contributed by atoms with Crippen molar-refractivity contribution in [3.63, 3.8) is 0 Å². The van der Waals surface area contributed by atoms with E-state index >= 15 is 0 Å². The van der Waals surface area contributed by atoms with Gasteiger partial charge in [0.15, 0.2) is 0 Å². The number of hydrogen-bond donors (Lipinski definition) is 1. The van der Waals surface area contributed by atoms with Crippen LogP contribution < -0.4 is 10.5 Å². The molecule has 1 saturated heterocycles. The number of ether oxygens (including phenoxy) is 3. The van der Waals surface area contributed by atoms with Gasteiger partial charge in [0.1, 0.15) is 5.75 Å². The van der Waals surface area contributed by atoms with Crippen LogP contribution in [0.5, 0.6) is 5.75 Å². The summed E-state index contributed by atoms with van der Waals surface area (Å²) in [5, 5.41) is 0. The zero-order chi connectivity index (χ0) is 12.3. The Morgan fingerprint density at radius 2 is 2.12 bits per heavy atom. The lowest BCUT2D eigenvalue weighted by molar-refractivity contribution is -0.284. The standard InChI is InChI=1S/C13H19NO3/c1-10-7-16-13(9-14,17-8-10)11-4-3-5-12(6-11)15-2/h3-6,10H,7-9,14H2,1-2H3. The Morgan fingerprint density at radius 3 is 2.71 bits per heavy atom. The van der Waals surface area contributed by atoms with Crippen molar-refractivity contribution in [3.8, 4) is 5.75 Å². The summed E-state index contributed by atoms with van der Waals surface area (Å²) in [5.74, 6) is 0.363. The Balaban J connectivity index is 2.27. The summed E-state index contributed by atoms with van der Waals surface area (Å²) in [5.41, 5.74) is 6.72. The molecule has 2 N–H and O–H groups in total. The van der Waals surface area contributed by atoms with Crippen molar-refractivity contribution < 1.29 is 14.2 Å². The quantitative estimate of drug-likeness (QED) is 0.865. The van der Waals surface area contributed by atoms with Crippen molar-refractivity contribution in [1.29, 1.82) is 0 Å². The molecule has 1 aliphatic rings. The molecule has 1 fully saturated rings. The molecule has 1 aromatic carbocycles. The fourth-order valence-corrected chi connectivity index (χ4v) is 1.91. The highest BCUT2D eigenvalue weighted by atomic mass is 16.7. The van der Waals surface area contributed by atoms with Gasteiger partial charge in [-0.1, -0.05) is 19.1 Å². The Morgan fingerprint density at radius 1 is 1.41 bits per heavy atom.